The summed E-state index contributed by atoms with van der Waals surface area (Å²) in [6, 6.07) is 6.39. The summed E-state index contributed by atoms with van der Waals surface area (Å²) in [7, 11) is 3.59. The van der Waals surface area contributed by atoms with Crippen LogP contribution in [0.3, 0.4) is 0 Å². The van der Waals surface area contributed by atoms with Crippen LogP contribution in [0.2, 0.25) is 0 Å². The molecule has 2 rings (SSSR count). The van der Waals surface area contributed by atoms with Gasteiger partial charge in [-0.1, -0.05) is 28.1 Å². The third kappa shape index (κ3) is 2.64. The Hall–Kier alpha value is -0.830. The van der Waals surface area contributed by atoms with Crippen molar-refractivity contribution in [1.29, 1.82) is 0 Å². The molecule has 0 aromatic heterocycles. The zero-order valence-corrected chi connectivity index (χ0v) is 11.3. The molecule has 0 atom stereocenters. The Morgan fingerprint density at radius 1 is 1.44 bits per heavy atom. The third-order valence-electron chi connectivity index (χ3n) is 2.96. The number of nitrogens with zero attached hydrogens (tertiary/aromatic N) is 1. The number of carbonyl (C=O) groups excluding carboxylic acids is 1. The Morgan fingerprint density at radius 2 is 2.12 bits per heavy atom. The highest BCUT2D eigenvalue weighted by atomic mass is 79.9. The lowest BCUT2D eigenvalue weighted by Gasteiger charge is -2.12. The molecule has 0 bridgehead atoms. The van der Waals surface area contributed by atoms with Gasteiger partial charge in [0.15, 0.2) is 0 Å². The predicted octanol–water partition coefficient (Wildman–Crippen LogP) is 2.96. The molecule has 3 heteroatoms. The van der Waals surface area contributed by atoms with Gasteiger partial charge in [-0.3, -0.25) is 4.79 Å². The van der Waals surface area contributed by atoms with Gasteiger partial charge in [0, 0.05) is 18.6 Å². The van der Waals surface area contributed by atoms with Gasteiger partial charge < -0.3 is 4.90 Å². The van der Waals surface area contributed by atoms with E-state index in [0.717, 1.165) is 16.0 Å². The van der Waals surface area contributed by atoms with Crippen LogP contribution in [0.25, 0.3) is 0 Å². The molecule has 0 spiro atoms. The first-order chi connectivity index (χ1) is 7.58. The number of hydrogen-bond donors (Lipinski definition) is 0. The van der Waals surface area contributed by atoms with E-state index in [1.165, 1.54) is 18.4 Å². The molecule has 0 heterocycles. The van der Waals surface area contributed by atoms with Crippen molar-refractivity contribution in [2.24, 2.45) is 0 Å². The largest absolute Gasteiger partial charge is 0.349 e. The Balaban J connectivity index is 2.18. The van der Waals surface area contributed by atoms with Crippen LogP contribution in [0.15, 0.2) is 22.7 Å². The lowest BCUT2D eigenvalue weighted by atomic mass is 10.0. The highest BCUT2D eigenvalue weighted by Gasteiger charge is 2.24. The van der Waals surface area contributed by atoms with Crippen molar-refractivity contribution >= 4 is 21.8 Å². The van der Waals surface area contributed by atoms with Crippen molar-refractivity contribution in [2.45, 2.75) is 25.2 Å². The first kappa shape index (κ1) is 11.6. The van der Waals surface area contributed by atoms with Crippen LogP contribution in [-0.2, 0) is 11.2 Å². The molecule has 0 N–H and O–H groups in total. The van der Waals surface area contributed by atoms with Crippen molar-refractivity contribution in [1.82, 2.24) is 4.90 Å². The van der Waals surface area contributed by atoms with Crippen LogP contribution in [-0.4, -0.2) is 24.9 Å². The Morgan fingerprint density at radius 3 is 2.69 bits per heavy atom. The fourth-order valence-corrected chi connectivity index (χ4v) is 2.11. The van der Waals surface area contributed by atoms with Crippen LogP contribution in [0.4, 0.5) is 0 Å². The van der Waals surface area contributed by atoms with E-state index in [1.54, 1.807) is 19.0 Å². The van der Waals surface area contributed by atoms with E-state index in [1.807, 2.05) is 0 Å². The van der Waals surface area contributed by atoms with Gasteiger partial charge in [0.2, 0.25) is 5.91 Å². The van der Waals surface area contributed by atoms with Crippen molar-refractivity contribution in [3.8, 4) is 0 Å². The maximum absolute atomic E-state index is 11.7. The zero-order chi connectivity index (χ0) is 11.7. The Kier molecular flexibility index (Phi) is 3.33. The number of amides is 1. The minimum Gasteiger partial charge on any atom is -0.349 e. The van der Waals surface area contributed by atoms with Crippen molar-refractivity contribution in [2.75, 3.05) is 14.1 Å². The molecule has 2 nitrogen and oxygen atoms in total. The average Bonchev–Trinajstić information content (AvgIpc) is 3.04. The number of likely N-dealkylation sites (N-methyl/N-ethyl adjacent to an activating group) is 1. The summed E-state index contributed by atoms with van der Waals surface area (Å²) in [6.45, 7) is 0. The summed E-state index contributed by atoms with van der Waals surface area (Å²) in [4.78, 5) is 13.3. The predicted molar refractivity (Wildman–Crippen MR) is 68.5 cm³/mol. The number of halogens is 1. The second-order valence-electron chi connectivity index (χ2n) is 4.59. The molecule has 1 aromatic carbocycles. The molecule has 1 aliphatic carbocycles. The van der Waals surface area contributed by atoms with Crippen molar-refractivity contribution < 1.29 is 4.79 Å². The van der Waals surface area contributed by atoms with Gasteiger partial charge in [-0.15, -0.1) is 0 Å². The highest BCUT2D eigenvalue weighted by Crippen LogP contribution is 2.41. The van der Waals surface area contributed by atoms with Crippen LogP contribution < -0.4 is 0 Å². The third-order valence-corrected chi connectivity index (χ3v) is 3.73. The molecule has 1 aromatic rings. The quantitative estimate of drug-likeness (QED) is 0.834. The fraction of sp³-hybridized carbons (Fsp3) is 0.462. The summed E-state index contributed by atoms with van der Waals surface area (Å²) < 4.78 is 1.03. The fourth-order valence-electron chi connectivity index (χ4n) is 1.72. The SMILES string of the molecule is CN(C)C(=O)Cc1cc(C2CC2)ccc1Br. The molecule has 1 amide bonds. The molecular weight excluding hydrogens is 266 g/mol. The van der Waals surface area contributed by atoms with Crippen LogP contribution >= 0.6 is 15.9 Å². The monoisotopic (exact) mass is 281 g/mol. The average molecular weight is 282 g/mol. The van der Waals surface area contributed by atoms with E-state index in [-0.39, 0.29) is 5.91 Å². The number of benzene rings is 1. The zero-order valence-electron chi connectivity index (χ0n) is 9.66. The standard InChI is InChI=1S/C13H16BrNO/c1-15(2)13(16)8-11-7-10(9-3-4-9)5-6-12(11)14/h5-7,9H,3-4,8H2,1-2H3. The molecule has 0 saturated heterocycles. The Labute approximate surface area is 105 Å². The molecule has 16 heavy (non-hydrogen) atoms. The maximum atomic E-state index is 11.7. The van der Waals surface area contributed by atoms with Gasteiger partial charge >= 0.3 is 0 Å². The molecule has 1 fully saturated rings. The summed E-state index contributed by atoms with van der Waals surface area (Å²) >= 11 is 3.51. The molecular formula is C13H16BrNO. The number of rotatable bonds is 3. The van der Waals surface area contributed by atoms with Gasteiger partial charge in [0.05, 0.1) is 6.42 Å². The minimum absolute atomic E-state index is 0.147. The van der Waals surface area contributed by atoms with Gasteiger partial charge in [0.25, 0.3) is 0 Å². The van der Waals surface area contributed by atoms with E-state index >= 15 is 0 Å². The topological polar surface area (TPSA) is 20.3 Å². The van der Waals surface area contributed by atoms with Crippen molar-refractivity contribution in [3.63, 3.8) is 0 Å². The summed E-state index contributed by atoms with van der Waals surface area (Å²) in [6.07, 6.45) is 3.07. The lowest BCUT2D eigenvalue weighted by molar-refractivity contribution is -0.127. The molecule has 86 valence electrons. The number of hydrogen-bond acceptors (Lipinski definition) is 1. The lowest BCUT2D eigenvalue weighted by Crippen LogP contribution is -2.23. The first-order valence-electron chi connectivity index (χ1n) is 5.56. The van der Waals surface area contributed by atoms with Gasteiger partial charge in [-0.05, 0) is 36.0 Å². The minimum atomic E-state index is 0.147. The van der Waals surface area contributed by atoms with Crippen LogP contribution in [0.1, 0.15) is 29.9 Å². The van der Waals surface area contributed by atoms with E-state index < -0.39 is 0 Å². The summed E-state index contributed by atoms with van der Waals surface area (Å²) in [5, 5.41) is 0. The van der Waals surface area contributed by atoms with Gasteiger partial charge in [0.1, 0.15) is 0 Å². The second-order valence-corrected chi connectivity index (χ2v) is 5.44. The van der Waals surface area contributed by atoms with E-state index in [4.69, 9.17) is 0 Å². The van der Waals surface area contributed by atoms with Crippen LogP contribution in [0.5, 0.6) is 0 Å². The molecule has 0 radical (unpaired) electrons. The molecule has 1 saturated carbocycles. The molecule has 1 aliphatic rings. The van der Waals surface area contributed by atoms with Crippen molar-refractivity contribution in [3.05, 3.63) is 33.8 Å². The Bertz CT molecular complexity index is 410. The highest BCUT2D eigenvalue weighted by molar-refractivity contribution is 9.10. The summed E-state index contributed by atoms with van der Waals surface area (Å²) in [5.74, 6) is 0.884. The van der Waals surface area contributed by atoms with E-state index in [2.05, 4.69) is 34.1 Å². The second kappa shape index (κ2) is 4.58. The summed E-state index contributed by atoms with van der Waals surface area (Å²) in [5.41, 5.74) is 2.48. The number of carbonyl (C=O) groups is 1. The molecule has 0 unspecified atom stereocenters. The van der Waals surface area contributed by atoms with E-state index in [0.29, 0.717) is 6.42 Å². The van der Waals surface area contributed by atoms with Gasteiger partial charge in [-0.25, -0.2) is 0 Å². The first-order valence-corrected chi connectivity index (χ1v) is 6.35. The molecule has 0 aliphatic heterocycles. The maximum Gasteiger partial charge on any atom is 0.226 e. The van der Waals surface area contributed by atoms with Crippen LogP contribution in [0, 0.1) is 0 Å². The van der Waals surface area contributed by atoms with Gasteiger partial charge in [-0.2, -0.15) is 0 Å². The smallest absolute Gasteiger partial charge is 0.226 e. The van der Waals surface area contributed by atoms with E-state index in [9.17, 15) is 4.79 Å². The normalized spacial score (nSPS) is 14.9.